The van der Waals surface area contributed by atoms with Gasteiger partial charge >= 0.3 is 0 Å². The molecule has 15 heavy (non-hydrogen) atoms. The Bertz CT molecular complexity index is 394. The van der Waals surface area contributed by atoms with E-state index in [-0.39, 0.29) is 16.0 Å². The van der Waals surface area contributed by atoms with Gasteiger partial charge in [-0.3, -0.25) is 0 Å². The van der Waals surface area contributed by atoms with Gasteiger partial charge in [-0.1, -0.05) is 0 Å². The highest BCUT2D eigenvalue weighted by atomic mass is 32.2. The van der Waals surface area contributed by atoms with Crippen molar-refractivity contribution in [3.05, 3.63) is 11.6 Å². The SMILES string of the molecule is O=S(=O)(C[C@H]1CCCNC1)c1nccs1. The van der Waals surface area contributed by atoms with Crippen LogP contribution in [-0.4, -0.2) is 32.2 Å². The third-order valence-corrected chi connectivity index (χ3v) is 5.69. The van der Waals surface area contributed by atoms with Crippen LogP contribution in [0.15, 0.2) is 15.9 Å². The maximum Gasteiger partial charge on any atom is 0.209 e. The molecule has 0 spiro atoms. The lowest BCUT2D eigenvalue weighted by atomic mass is 10.0. The molecule has 1 aromatic rings. The minimum atomic E-state index is -3.15. The maximum absolute atomic E-state index is 11.9. The summed E-state index contributed by atoms with van der Waals surface area (Å²) < 4.78 is 24.0. The van der Waals surface area contributed by atoms with Crippen LogP contribution in [0.5, 0.6) is 0 Å². The van der Waals surface area contributed by atoms with E-state index in [2.05, 4.69) is 10.3 Å². The van der Waals surface area contributed by atoms with Gasteiger partial charge in [0.1, 0.15) is 0 Å². The molecule has 0 aromatic carbocycles. The van der Waals surface area contributed by atoms with Crippen LogP contribution in [0.2, 0.25) is 0 Å². The summed E-state index contributed by atoms with van der Waals surface area (Å²) in [5, 5.41) is 4.92. The largest absolute Gasteiger partial charge is 0.316 e. The summed E-state index contributed by atoms with van der Waals surface area (Å²) in [4.78, 5) is 3.86. The van der Waals surface area contributed by atoms with E-state index in [4.69, 9.17) is 0 Å². The zero-order valence-corrected chi connectivity index (χ0v) is 9.98. The highest BCUT2D eigenvalue weighted by Gasteiger charge is 2.24. The molecule has 1 aliphatic rings. The van der Waals surface area contributed by atoms with Gasteiger partial charge in [0, 0.05) is 11.6 Å². The lowest BCUT2D eigenvalue weighted by molar-refractivity contribution is 0.404. The Balaban J connectivity index is 2.04. The van der Waals surface area contributed by atoms with Gasteiger partial charge in [0.25, 0.3) is 0 Å². The Hall–Kier alpha value is -0.460. The van der Waals surface area contributed by atoms with Crippen molar-refractivity contribution < 1.29 is 8.42 Å². The van der Waals surface area contributed by atoms with Gasteiger partial charge in [0.15, 0.2) is 0 Å². The first-order valence-electron chi connectivity index (χ1n) is 5.01. The zero-order chi connectivity index (χ0) is 10.7. The van der Waals surface area contributed by atoms with E-state index in [0.29, 0.717) is 0 Å². The van der Waals surface area contributed by atoms with Crippen LogP contribution in [-0.2, 0) is 9.84 Å². The average molecular weight is 246 g/mol. The molecule has 6 heteroatoms. The zero-order valence-electron chi connectivity index (χ0n) is 8.35. The Kier molecular flexibility index (Phi) is 3.38. The minimum absolute atomic E-state index is 0.230. The van der Waals surface area contributed by atoms with E-state index in [1.54, 1.807) is 5.38 Å². The highest BCUT2D eigenvalue weighted by Crippen LogP contribution is 2.19. The van der Waals surface area contributed by atoms with Crippen LogP contribution in [0.4, 0.5) is 0 Å². The number of rotatable bonds is 3. The minimum Gasteiger partial charge on any atom is -0.316 e. The predicted molar refractivity (Wildman–Crippen MR) is 59.8 cm³/mol. The number of nitrogens with zero attached hydrogens (tertiary/aromatic N) is 1. The highest BCUT2D eigenvalue weighted by molar-refractivity contribution is 7.93. The van der Waals surface area contributed by atoms with Gasteiger partial charge in [-0.05, 0) is 31.8 Å². The molecular weight excluding hydrogens is 232 g/mol. The summed E-state index contributed by atoms with van der Waals surface area (Å²) in [6, 6.07) is 0. The van der Waals surface area contributed by atoms with Crippen molar-refractivity contribution in [2.24, 2.45) is 5.92 Å². The molecule has 2 heterocycles. The first-order chi connectivity index (χ1) is 7.18. The number of aromatic nitrogens is 1. The van der Waals surface area contributed by atoms with E-state index < -0.39 is 9.84 Å². The van der Waals surface area contributed by atoms with Gasteiger partial charge in [-0.25, -0.2) is 13.4 Å². The number of thiazole rings is 1. The van der Waals surface area contributed by atoms with Crippen molar-refractivity contribution in [1.29, 1.82) is 0 Å². The molecule has 2 rings (SSSR count). The Labute approximate surface area is 93.7 Å². The standard InChI is InChI=1S/C9H14N2O2S2/c12-15(13,9-11-4-5-14-9)7-8-2-1-3-10-6-8/h4-5,8,10H,1-3,6-7H2/t8-/m0/s1. The molecule has 0 bridgehead atoms. The number of hydrogen-bond donors (Lipinski definition) is 1. The number of hydrogen-bond acceptors (Lipinski definition) is 5. The molecule has 0 amide bonds. The van der Waals surface area contributed by atoms with Crippen molar-refractivity contribution in [3.8, 4) is 0 Å². The van der Waals surface area contributed by atoms with Crippen molar-refractivity contribution in [2.45, 2.75) is 17.2 Å². The summed E-state index contributed by atoms with van der Waals surface area (Å²) in [6.07, 6.45) is 3.60. The molecule has 1 atom stereocenters. The Morgan fingerprint density at radius 3 is 3.07 bits per heavy atom. The fraction of sp³-hybridized carbons (Fsp3) is 0.667. The first kappa shape index (κ1) is 11.0. The molecule has 1 N–H and O–H groups in total. The van der Waals surface area contributed by atoms with Gasteiger partial charge in [0.2, 0.25) is 14.2 Å². The quantitative estimate of drug-likeness (QED) is 0.861. The first-order valence-corrected chi connectivity index (χ1v) is 7.54. The van der Waals surface area contributed by atoms with Gasteiger partial charge in [-0.2, -0.15) is 0 Å². The molecule has 1 saturated heterocycles. The van der Waals surface area contributed by atoms with E-state index in [1.165, 1.54) is 17.5 Å². The molecule has 1 fully saturated rings. The van der Waals surface area contributed by atoms with Crippen LogP contribution in [0, 0.1) is 5.92 Å². The van der Waals surface area contributed by atoms with Crippen molar-refractivity contribution >= 4 is 21.2 Å². The summed E-state index contributed by atoms with van der Waals surface area (Å²) in [5.74, 6) is 0.473. The molecule has 1 aliphatic heterocycles. The van der Waals surface area contributed by atoms with Gasteiger partial charge in [0.05, 0.1) is 5.75 Å². The van der Waals surface area contributed by atoms with Gasteiger partial charge < -0.3 is 5.32 Å². The normalized spacial score (nSPS) is 22.8. The van der Waals surface area contributed by atoms with Crippen LogP contribution in [0.25, 0.3) is 0 Å². The third kappa shape index (κ3) is 2.76. The maximum atomic E-state index is 11.9. The second-order valence-corrected chi connectivity index (χ2v) is 6.89. The number of piperidine rings is 1. The lowest BCUT2D eigenvalue weighted by Crippen LogP contribution is -2.33. The number of sulfone groups is 1. The average Bonchev–Trinajstić information content (AvgIpc) is 2.71. The van der Waals surface area contributed by atoms with Crippen LogP contribution in [0.1, 0.15) is 12.8 Å². The van der Waals surface area contributed by atoms with Crippen molar-refractivity contribution in [2.75, 3.05) is 18.8 Å². The van der Waals surface area contributed by atoms with Crippen molar-refractivity contribution in [1.82, 2.24) is 10.3 Å². The van der Waals surface area contributed by atoms with Crippen molar-refractivity contribution in [3.63, 3.8) is 0 Å². The summed E-state index contributed by atoms with van der Waals surface area (Å²) in [6.45, 7) is 1.82. The van der Waals surface area contributed by atoms with Gasteiger partial charge in [-0.15, -0.1) is 11.3 Å². The summed E-state index contributed by atoms with van der Waals surface area (Å²) >= 11 is 1.20. The molecule has 0 saturated carbocycles. The van der Waals surface area contributed by atoms with Crippen LogP contribution < -0.4 is 5.32 Å². The predicted octanol–water partition coefficient (Wildman–Crippen LogP) is 0.916. The van der Waals surface area contributed by atoms with E-state index in [9.17, 15) is 8.42 Å². The third-order valence-electron chi connectivity index (χ3n) is 2.53. The molecule has 84 valence electrons. The van der Waals surface area contributed by atoms with Crippen LogP contribution >= 0.6 is 11.3 Å². The molecule has 0 radical (unpaired) electrons. The second kappa shape index (κ2) is 4.59. The lowest BCUT2D eigenvalue weighted by Gasteiger charge is -2.21. The fourth-order valence-corrected chi connectivity index (χ4v) is 4.40. The molecule has 1 aromatic heterocycles. The smallest absolute Gasteiger partial charge is 0.209 e. The summed E-state index contributed by atoms with van der Waals surface area (Å²) in [7, 11) is -3.15. The fourth-order valence-electron chi connectivity index (χ4n) is 1.81. The second-order valence-electron chi connectivity index (χ2n) is 3.79. The monoisotopic (exact) mass is 246 g/mol. The Morgan fingerprint density at radius 2 is 2.47 bits per heavy atom. The van der Waals surface area contributed by atoms with E-state index in [1.807, 2.05) is 0 Å². The number of nitrogens with one attached hydrogen (secondary N) is 1. The van der Waals surface area contributed by atoms with Crippen LogP contribution in [0.3, 0.4) is 0 Å². The molecule has 4 nitrogen and oxygen atoms in total. The van der Waals surface area contributed by atoms with E-state index in [0.717, 1.165) is 25.9 Å². The molecule has 0 unspecified atom stereocenters. The van der Waals surface area contributed by atoms with E-state index >= 15 is 0 Å². The molecule has 0 aliphatic carbocycles. The molecular formula is C9H14N2O2S2. The summed E-state index contributed by atoms with van der Waals surface area (Å²) in [5.41, 5.74) is 0. The Morgan fingerprint density at radius 1 is 1.60 bits per heavy atom. The topological polar surface area (TPSA) is 59.1 Å².